The zero-order valence-corrected chi connectivity index (χ0v) is 35.4. The van der Waals surface area contributed by atoms with Gasteiger partial charge >= 0.3 is 7.12 Å². The van der Waals surface area contributed by atoms with Crippen molar-refractivity contribution >= 4 is 78.3 Å². The van der Waals surface area contributed by atoms with Crippen LogP contribution in [0.25, 0.3) is 127 Å². The first-order chi connectivity index (χ1) is 32.5. The minimum Gasteiger partial charge on any atom is -0.456 e. The maximum absolute atomic E-state index is 10.2. The summed E-state index contributed by atoms with van der Waals surface area (Å²) in [6.07, 6.45) is 0. The van der Waals surface area contributed by atoms with Crippen LogP contribution in [0.4, 0.5) is 0 Å². The molecule has 0 fully saturated rings. The molecule has 0 aliphatic rings. The summed E-state index contributed by atoms with van der Waals surface area (Å²) in [4.78, 5) is 5.09. The molecule has 4 heterocycles. The summed E-state index contributed by atoms with van der Waals surface area (Å²) < 4.78 is 15.5. The second-order valence-corrected chi connectivity index (χ2v) is 16.9. The Balaban J connectivity index is 0.912. The lowest BCUT2D eigenvalue weighted by Crippen LogP contribution is -2.30. The quantitative estimate of drug-likeness (QED) is 0.156. The van der Waals surface area contributed by atoms with Crippen LogP contribution >= 0.6 is 0 Å². The van der Waals surface area contributed by atoms with Crippen LogP contribution in [0.2, 0.25) is 0 Å². The van der Waals surface area contributed by atoms with E-state index in [1.807, 2.05) is 24.3 Å². The normalized spacial score (nSPS) is 11.8. The number of nitrogens with zero attached hydrogens (tertiary/aromatic N) is 2. The van der Waals surface area contributed by atoms with Gasteiger partial charge in [-0.25, -0.2) is 4.98 Å². The number of benzene rings is 9. The Labute approximate surface area is 379 Å². The molecule has 13 rings (SSSR count). The van der Waals surface area contributed by atoms with Crippen molar-refractivity contribution in [2.24, 2.45) is 0 Å². The average Bonchev–Trinajstić information content (AvgIpc) is 4.06. The number of aromatic nitrogens is 2. The smallest absolute Gasteiger partial charge is 0.456 e. The molecule has 7 heteroatoms. The van der Waals surface area contributed by atoms with Gasteiger partial charge in [-0.3, -0.25) is 0 Å². The molecule has 0 spiro atoms. The summed E-state index contributed by atoms with van der Waals surface area (Å²) in [5.74, 6) is 0. The highest BCUT2D eigenvalue weighted by atomic mass is 16.4. The molecule has 2 N–H and O–H groups in total. The van der Waals surface area contributed by atoms with E-state index < -0.39 is 7.12 Å². The lowest BCUT2D eigenvalue weighted by atomic mass is 9.77. The van der Waals surface area contributed by atoms with Gasteiger partial charge in [0.05, 0.1) is 28.1 Å². The van der Waals surface area contributed by atoms with Crippen molar-refractivity contribution in [2.45, 2.75) is 0 Å². The summed E-state index contributed by atoms with van der Waals surface area (Å²) >= 11 is 0. The number of pyridine rings is 1. The Bertz CT molecular complexity index is 3960. The zero-order valence-electron chi connectivity index (χ0n) is 35.4. The van der Waals surface area contributed by atoms with Crippen molar-refractivity contribution in [1.29, 1.82) is 0 Å². The van der Waals surface area contributed by atoms with Gasteiger partial charge in [0.15, 0.2) is 5.58 Å². The van der Waals surface area contributed by atoms with Crippen LogP contribution in [0.3, 0.4) is 0 Å². The van der Waals surface area contributed by atoms with Crippen molar-refractivity contribution in [3.05, 3.63) is 212 Å². The molecule has 0 aliphatic heterocycles. The molecule has 0 atom stereocenters. The van der Waals surface area contributed by atoms with Gasteiger partial charge in [0.25, 0.3) is 0 Å². The van der Waals surface area contributed by atoms with E-state index in [0.29, 0.717) is 22.0 Å². The highest BCUT2D eigenvalue weighted by molar-refractivity contribution is 6.62. The van der Waals surface area contributed by atoms with E-state index in [9.17, 15) is 10.0 Å². The fourth-order valence-corrected chi connectivity index (χ4v) is 9.92. The maximum Gasteiger partial charge on any atom is 0.489 e. The van der Waals surface area contributed by atoms with Crippen molar-refractivity contribution in [2.75, 3.05) is 0 Å². The van der Waals surface area contributed by atoms with E-state index in [4.69, 9.17) is 13.8 Å². The highest BCUT2D eigenvalue weighted by Crippen LogP contribution is 2.42. The largest absolute Gasteiger partial charge is 0.489 e. The van der Waals surface area contributed by atoms with E-state index in [1.165, 1.54) is 0 Å². The Morgan fingerprint density at radius 2 is 0.970 bits per heavy atom. The molecule has 0 saturated heterocycles. The monoisotopic (exact) mass is 848 g/mol. The third-order valence-corrected chi connectivity index (χ3v) is 13.0. The third-order valence-electron chi connectivity index (χ3n) is 13.0. The van der Waals surface area contributed by atoms with E-state index in [0.717, 1.165) is 111 Å². The predicted molar refractivity (Wildman–Crippen MR) is 270 cm³/mol. The van der Waals surface area contributed by atoms with E-state index in [1.54, 1.807) is 12.1 Å². The van der Waals surface area contributed by atoms with Gasteiger partial charge in [-0.1, -0.05) is 158 Å². The molecule has 0 unspecified atom stereocenters. The van der Waals surface area contributed by atoms with Gasteiger partial charge in [-0.2, -0.15) is 0 Å². The Kier molecular flexibility index (Phi) is 8.68. The lowest BCUT2D eigenvalue weighted by Gasteiger charge is -2.11. The maximum atomic E-state index is 10.2. The molecular formula is C59H37BN2O4. The highest BCUT2D eigenvalue weighted by Gasteiger charge is 2.22. The molecule has 310 valence electrons. The molecule has 0 radical (unpaired) electrons. The molecule has 13 aromatic rings. The molecule has 0 amide bonds. The molecule has 0 aliphatic carbocycles. The standard InChI is InChI=1S/C59H37BN2O4/c63-60(64)49-20-11-23-56-57(49)48-33-41(29-31-55(48)65-56)40-28-30-53-47(32-40)44-16-7-8-21-52(44)62(53)54-22-10-19-46-45-18-9-17-43(58(45)66-59(46)54)37-26-24-36(25-27-37)42-34-50(38-12-3-1-4-13-38)61-51(35-42)39-14-5-2-6-15-39/h1-35,63-64H. The zero-order chi connectivity index (χ0) is 43.9. The van der Waals surface area contributed by atoms with Crippen molar-refractivity contribution in [3.63, 3.8) is 0 Å². The van der Waals surface area contributed by atoms with Gasteiger partial charge in [-0.05, 0) is 87.9 Å². The number of hydrogen-bond acceptors (Lipinski definition) is 5. The van der Waals surface area contributed by atoms with E-state index in [2.05, 4.69) is 180 Å². The second kappa shape index (κ2) is 15.1. The van der Waals surface area contributed by atoms with Crippen LogP contribution < -0.4 is 5.46 Å². The number of para-hydroxylation sites is 3. The molecular weight excluding hydrogens is 811 g/mol. The second-order valence-electron chi connectivity index (χ2n) is 16.9. The number of furan rings is 2. The van der Waals surface area contributed by atoms with Gasteiger partial charge < -0.3 is 23.4 Å². The number of fused-ring (bicyclic) bond motifs is 9. The molecule has 0 saturated carbocycles. The molecule has 4 aromatic heterocycles. The third kappa shape index (κ3) is 6.10. The average molecular weight is 849 g/mol. The van der Waals surface area contributed by atoms with Gasteiger partial charge in [0.1, 0.15) is 16.7 Å². The summed E-state index contributed by atoms with van der Waals surface area (Å²) in [6.45, 7) is 0. The van der Waals surface area contributed by atoms with Crippen LogP contribution in [0.15, 0.2) is 221 Å². The molecule has 9 aromatic carbocycles. The van der Waals surface area contributed by atoms with Crippen molar-refractivity contribution < 1.29 is 18.9 Å². The predicted octanol–water partition coefficient (Wildman–Crippen LogP) is 14.0. The molecule has 6 nitrogen and oxygen atoms in total. The summed E-state index contributed by atoms with van der Waals surface area (Å²) in [5, 5.41) is 26.3. The SMILES string of the molecule is OB(O)c1cccc2oc3ccc(-c4ccc5c(c4)c4ccccc4n5-c4cccc5c4oc4c(-c6ccc(-c7cc(-c8ccccc8)nc(-c8ccccc8)c7)cc6)cccc45)cc3c12. The first-order valence-corrected chi connectivity index (χ1v) is 22.1. The van der Waals surface area contributed by atoms with E-state index >= 15 is 0 Å². The Morgan fingerprint density at radius 1 is 0.379 bits per heavy atom. The van der Waals surface area contributed by atoms with Gasteiger partial charge in [0.2, 0.25) is 0 Å². The lowest BCUT2D eigenvalue weighted by molar-refractivity contribution is 0.426. The summed E-state index contributed by atoms with van der Waals surface area (Å²) in [7, 11) is -1.61. The fourth-order valence-electron chi connectivity index (χ4n) is 9.92. The van der Waals surface area contributed by atoms with Gasteiger partial charge in [-0.15, -0.1) is 0 Å². The Hall–Kier alpha value is -8.49. The minimum absolute atomic E-state index is 0.420. The van der Waals surface area contributed by atoms with Crippen LogP contribution in [0.1, 0.15) is 0 Å². The number of hydrogen-bond donors (Lipinski definition) is 2. The first kappa shape index (κ1) is 38.0. The first-order valence-electron chi connectivity index (χ1n) is 22.1. The van der Waals surface area contributed by atoms with Gasteiger partial charge in [0, 0.05) is 49.0 Å². The molecule has 0 bridgehead atoms. The number of rotatable bonds is 7. The van der Waals surface area contributed by atoms with Crippen molar-refractivity contribution in [3.8, 4) is 61.6 Å². The van der Waals surface area contributed by atoms with Crippen LogP contribution in [0, 0.1) is 0 Å². The summed E-state index contributed by atoms with van der Waals surface area (Å²) in [6, 6.07) is 73.2. The molecule has 66 heavy (non-hydrogen) atoms. The van der Waals surface area contributed by atoms with E-state index in [-0.39, 0.29) is 0 Å². The van der Waals surface area contributed by atoms with Crippen molar-refractivity contribution in [1.82, 2.24) is 9.55 Å². The van der Waals surface area contributed by atoms with Crippen LogP contribution in [-0.4, -0.2) is 26.7 Å². The van der Waals surface area contributed by atoms with Crippen LogP contribution in [0.5, 0.6) is 0 Å². The fraction of sp³-hybridized carbons (Fsp3) is 0. The summed E-state index contributed by atoms with van der Waals surface area (Å²) in [5.41, 5.74) is 16.9. The Morgan fingerprint density at radius 3 is 1.71 bits per heavy atom. The topological polar surface area (TPSA) is 84.6 Å². The minimum atomic E-state index is -1.61. The van der Waals surface area contributed by atoms with Crippen LogP contribution in [-0.2, 0) is 0 Å².